The SMILES string of the molecule is CCOC(=O)c1sc(NC(=O)C(CC)OC(=O)c2ccc(-c3nc(C)c(C)[nH]3)cc2)c(C(=O)OC)c1C. The van der Waals surface area contributed by atoms with E-state index < -0.39 is 29.9 Å². The lowest BCUT2D eigenvalue weighted by molar-refractivity contribution is -0.124. The Bertz CT molecular complexity index is 1310. The van der Waals surface area contributed by atoms with E-state index in [1.54, 1.807) is 45.0 Å². The largest absolute Gasteiger partial charge is 0.465 e. The Kier molecular flexibility index (Phi) is 8.82. The van der Waals surface area contributed by atoms with Crippen LogP contribution in [-0.4, -0.2) is 53.6 Å². The van der Waals surface area contributed by atoms with Gasteiger partial charge in [-0.1, -0.05) is 19.1 Å². The number of benzene rings is 1. The zero-order valence-electron chi connectivity index (χ0n) is 21.5. The summed E-state index contributed by atoms with van der Waals surface area (Å²) in [6.07, 6.45) is -0.954. The Morgan fingerprint density at radius 2 is 1.70 bits per heavy atom. The minimum atomic E-state index is -1.14. The van der Waals surface area contributed by atoms with E-state index in [4.69, 9.17) is 14.2 Å². The van der Waals surface area contributed by atoms with Crippen LogP contribution in [0.3, 0.4) is 0 Å². The Labute approximate surface area is 218 Å². The second-order valence-corrected chi connectivity index (χ2v) is 9.16. The van der Waals surface area contributed by atoms with Gasteiger partial charge in [0.1, 0.15) is 15.7 Å². The van der Waals surface area contributed by atoms with Crippen LogP contribution in [-0.2, 0) is 19.0 Å². The monoisotopic (exact) mass is 527 g/mol. The number of aromatic amines is 1. The molecule has 11 heteroatoms. The molecule has 3 rings (SSSR count). The van der Waals surface area contributed by atoms with Gasteiger partial charge in [-0.3, -0.25) is 4.79 Å². The molecule has 0 saturated carbocycles. The number of nitrogens with zero attached hydrogens (tertiary/aromatic N) is 1. The molecule has 2 aromatic heterocycles. The first-order valence-corrected chi connectivity index (χ1v) is 12.5. The van der Waals surface area contributed by atoms with E-state index in [2.05, 4.69) is 15.3 Å². The van der Waals surface area contributed by atoms with Crippen molar-refractivity contribution in [3.63, 3.8) is 0 Å². The van der Waals surface area contributed by atoms with Gasteiger partial charge in [-0.2, -0.15) is 0 Å². The molecule has 196 valence electrons. The molecular weight excluding hydrogens is 498 g/mol. The zero-order valence-corrected chi connectivity index (χ0v) is 22.3. The summed E-state index contributed by atoms with van der Waals surface area (Å²) in [4.78, 5) is 58.2. The highest BCUT2D eigenvalue weighted by molar-refractivity contribution is 7.18. The van der Waals surface area contributed by atoms with Gasteiger partial charge in [-0.25, -0.2) is 19.4 Å². The maximum Gasteiger partial charge on any atom is 0.348 e. The van der Waals surface area contributed by atoms with Crippen LogP contribution in [0.25, 0.3) is 11.4 Å². The quantitative estimate of drug-likeness (QED) is 0.304. The van der Waals surface area contributed by atoms with Crippen molar-refractivity contribution < 1.29 is 33.4 Å². The van der Waals surface area contributed by atoms with Gasteiger partial charge in [0.05, 0.1) is 30.5 Å². The van der Waals surface area contributed by atoms with E-state index in [1.165, 1.54) is 7.11 Å². The molecule has 1 aromatic carbocycles. The molecule has 0 fully saturated rings. The standard InChI is InChI=1S/C26H29N3O7S/c1-7-18(36-24(31)17-11-9-16(10-12-17)21-27-14(4)15(5)28-21)22(30)29-23-19(25(32)34-6)13(3)20(37-23)26(33)35-8-2/h9-12,18H,7-8H2,1-6H3,(H,27,28)(H,29,30). The number of hydrogen-bond acceptors (Lipinski definition) is 9. The number of thiophene rings is 1. The molecule has 0 bridgehead atoms. The summed E-state index contributed by atoms with van der Waals surface area (Å²) >= 11 is 0.895. The summed E-state index contributed by atoms with van der Waals surface area (Å²) in [5.74, 6) is -1.96. The lowest BCUT2D eigenvalue weighted by atomic mass is 10.1. The molecule has 1 unspecified atom stereocenters. The van der Waals surface area contributed by atoms with Crippen LogP contribution in [0.2, 0.25) is 0 Å². The number of esters is 3. The summed E-state index contributed by atoms with van der Waals surface area (Å²) in [6.45, 7) is 8.90. The van der Waals surface area contributed by atoms with Gasteiger partial charge in [0.25, 0.3) is 5.91 Å². The molecule has 2 heterocycles. The van der Waals surface area contributed by atoms with Gasteiger partial charge < -0.3 is 24.5 Å². The molecule has 0 aliphatic heterocycles. The van der Waals surface area contributed by atoms with Gasteiger partial charge in [0.2, 0.25) is 0 Å². The van der Waals surface area contributed by atoms with Crippen molar-refractivity contribution >= 4 is 40.2 Å². The van der Waals surface area contributed by atoms with Gasteiger partial charge in [0, 0.05) is 11.3 Å². The first-order valence-electron chi connectivity index (χ1n) is 11.6. The highest BCUT2D eigenvalue weighted by atomic mass is 32.1. The fourth-order valence-electron chi connectivity index (χ4n) is 3.50. The first kappa shape index (κ1) is 27.6. The van der Waals surface area contributed by atoms with Crippen LogP contribution in [0.15, 0.2) is 24.3 Å². The number of carbonyl (C=O) groups is 4. The second kappa shape index (κ2) is 11.8. The van der Waals surface area contributed by atoms with E-state index in [-0.39, 0.29) is 34.0 Å². The van der Waals surface area contributed by atoms with Gasteiger partial charge in [-0.15, -0.1) is 11.3 Å². The minimum absolute atomic E-state index is 0.0454. The predicted molar refractivity (Wildman–Crippen MR) is 138 cm³/mol. The Morgan fingerprint density at radius 1 is 1.03 bits per heavy atom. The fraction of sp³-hybridized carbons (Fsp3) is 0.346. The number of nitrogens with one attached hydrogen (secondary N) is 2. The lowest BCUT2D eigenvalue weighted by Gasteiger charge is -2.16. The van der Waals surface area contributed by atoms with Crippen LogP contribution < -0.4 is 5.32 Å². The Morgan fingerprint density at radius 3 is 2.24 bits per heavy atom. The molecule has 37 heavy (non-hydrogen) atoms. The molecule has 2 N–H and O–H groups in total. The number of aromatic nitrogens is 2. The number of anilines is 1. The molecule has 1 amide bonds. The summed E-state index contributed by atoms with van der Waals surface area (Å²) < 4.78 is 15.3. The van der Waals surface area contributed by atoms with Crippen molar-refractivity contribution in [1.29, 1.82) is 0 Å². The normalized spacial score (nSPS) is 11.5. The number of imidazole rings is 1. The van der Waals surface area contributed by atoms with Crippen LogP contribution in [0, 0.1) is 20.8 Å². The van der Waals surface area contributed by atoms with Gasteiger partial charge in [-0.05, 0) is 51.8 Å². The highest BCUT2D eigenvalue weighted by Gasteiger charge is 2.29. The van der Waals surface area contributed by atoms with Crippen LogP contribution >= 0.6 is 11.3 Å². The third-order valence-electron chi connectivity index (χ3n) is 5.67. The van der Waals surface area contributed by atoms with E-state index in [0.717, 1.165) is 28.3 Å². The predicted octanol–water partition coefficient (Wildman–Crippen LogP) is 4.60. The van der Waals surface area contributed by atoms with Crippen LogP contribution in [0.1, 0.15) is 67.6 Å². The Hall–Kier alpha value is -3.99. The molecule has 0 aliphatic carbocycles. The number of aryl methyl sites for hydroxylation is 2. The third-order valence-corrected chi connectivity index (χ3v) is 6.86. The van der Waals surface area contributed by atoms with E-state index >= 15 is 0 Å². The molecule has 3 aromatic rings. The first-order chi connectivity index (χ1) is 17.6. The van der Waals surface area contributed by atoms with Crippen molar-refractivity contribution in [3.8, 4) is 11.4 Å². The van der Waals surface area contributed by atoms with Gasteiger partial charge >= 0.3 is 17.9 Å². The third kappa shape index (κ3) is 6.05. The summed E-state index contributed by atoms with van der Waals surface area (Å²) in [6, 6.07) is 6.67. The fourth-order valence-corrected chi connectivity index (χ4v) is 4.59. The second-order valence-electron chi connectivity index (χ2n) is 8.14. The molecule has 0 saturated heterocycles. The number of carbonyl (C=O) groups excluding carboxylic acids is 4. The van der Waals surface area contributed by atoms with Gasteiger partial charge in [0.15, 0.2) is 6.10 Å². The lowest BCUT2D eigenvalue weighted by Crippen LogP contribution is -2.32. The van der Waals surface area contributed by atoms with E-state index in [9.17, 15) is 19.2 Å². The van der Waals surface area contributed by atoms with Crippen molar-refractivity contribution in [2.24, 2.45) is 0 Å². The number of H-pyrrole nitrogens is 1. The van der Waals surface area contributed by atoms with Crippen molar-refractivity contribution in [3.05, 3.63) is 57.2 Å². The molecule has 0 radical (unpaired) electrons. The molecular formula is C26H29N3O7S. The van der Waals surface area contributed by atoms with Crippen LogP contribution in [0.4, 0.5) is 5.00 Å². The zero-order chi connectivity index (χ0) is 27.3. The number of methoxy groups -OCH3 is 1. The maximum atomic E-state index is 13.0. The number of rotatable bonds is 9. The average molecular weight is 528 g/mol. The van der Waals surface area contributed by atoms with Crippen molar-refractivity contribution in [1.82, 2.24) is 9.97 Å². The number of ether oxygens (including phenoxy) is 3. The smallest absolute Gasteiger partial charge is 0.348 e. The number of hydrogen-bond donors (Lipinski definition) is 2. The summed E-state index contributed by atoms with van der Waals surface area (Å²) in [7, 11) is 1.20. The molecule has 1 atom stereocenters. The maximum absolute atomic E-state index is 13.0. The van der Waals surface area contributed by atoms with E-state index in [0.29, 0.717) is 11.4 Å². The Balaban J connectivity index is 1.76. The van der Waals surface area contributed by atoms with Crippen molar-refractivity contribution in [2.75, 3.05) is 19.0 Å². The minimum Gasteiger partial charge on any atom is -0.465 e. The highest BCUT2D eigenvalue weighted by Crippen LogP contribution is 2.34. The molecule has 0 aliphatic rings. The van der Waals surface area contributed by atoms with E-state index in [1.807, 2.05) is 13.8 Å². The van der Waals surface area contributed by atoms with Crippen molar-refractivity contribution in [2.45, 2.75) is 47.1 Å². The molecule has 0 spiro atoms. The summed E-state index contributed by atoms with van der Waals surface area (Å²) in [5, 5.41) is 2.72. The van der Waals surface area contributed by atoms with Crippen LogP contribution in [0.5, 0.6) is 0 Å². The summed E-state index contributed by atoms with van der Waals surface area (Å²) in [5.41, 5.74) is 3.30. The number of amides is 1. The average Bonchev–Trinajstić information content (AvgIpc) is 3.39. The topological polar surface area (TPSA) is 137 Å². The molecule has 10 nitrogen and oxygen atoms in total.